The number of fused-ring (bicyclic) bond motifs is 1. The largest absolute Gasteiger partial charge is 0.411 e. The van der Waals surface area contributed by atoms with Gasteiger partial charge in [-0.25, -0.2) is 0 Å². The zero-order valence-corrected chi connectivity index (χ0v) is 14.4. The van der Waals surface area contributed by atoms with Gasteiger partial charge in [0.1, 0.15) is 0 Å². The van der Waals surface area contributed by atoms with Crippen LogP contribution in [0.15, 0.2) is 40.9 Å². The summed E-state index contributed by atoms with van der Waals surface area (Å²) in [4.78, 5) is 13.4. The number of nitrogens with one attached hydrogen (secondary N) is 1. The highest BCUT2D eigenvalue weighted by Gasteiger charge is 2.24. The molecule has 2 N–H and O–H groups in total. The number of nitrogens with zero attached hydrogens (tertiary/aromatic N) is 1. The van der Waals surface area contributed by atoms with Crippen LogP contribution < -0.4 is 5.32 Å². The standard InChI is InChI=1S/C19H22N2O2S/c22-19(20-12-5-4-9-14-7-2-1-3-8-14)16-13-24-18-15(16)10-6-11-17(18)21-23/h1-3,7-8,13,23H,4-6,9-12H2,(H,20,22)/b21-17-. The fourth-order valence-electron chi connectivity index (χ4n) is 3.10. The summed E-state index contributed by atoms with van der Waals surface area (Å²) >= 11 is 1.50. The normalized spacial score (nSPS) is 15.2. The van der Waals surface area contributed by atoms with Gasteiger partial charge in [0, 0.05) is 11.9 Å². The Morgan fingerprint density at radius 2 is 2.04 bits per heavy atom. The van der Waals surface area contributed by atoms with E-state index < -0.39 is 0 Å². The molecule has 0 saturated carbocycles. The van der Waals surface area contributed by atoms with Gasteiger partial charge in [-0.1, -0.05) is 35.5 Å². The number of hydrogen-bond acceptors (Lipinski definition) is 4. The lowest BCUT2D eigenvalue weighted by atomic mass is 9.94. The van der Waals surface area contributed by atoms with E-state index in [-0.39, 0.29) is 5.91 Å². The molecular formula is C19H22N2O2S. The molecule has 1 heterocycles. The van der Waals surface area contributed by atoms with Crippen LogP contribution in [0.25, 0.3) is 0 Å². The number of carbonyl (C=O) groups is 1. The Bertz CT molecular complexity index is 722. The highest BCUT2D eigenvalue weighted by Crippen LogP contribution is 2.30. The Balaban J connectivity index is 1.48. The quantitative estimate of drug-likeness (QED) is 0.473. The van der Waals surface area contributed by atoms with Gasteiger partial charge in [0.25, 0.3) is 5.91 Å². The molecular weight excluding hydrogens is 320 g/mol. The summed E-state index contributed by atoms with van der Waals surface area (Å²) < 4.78 is 0. The van der Waals surface area contributed by atoms with E-state index in [9.17, 15) is 4.79 Å². The lowest BCUT2D eigenvalue weighted by molar-refractivity contribution is 0.0952. The first-order chi connectivity index (χ1) is 11.8. The second kappa shape index (κ2) is 8.11. The molecule has 3 rings (SSSR count). The summed E-state index contributed by atoms with van der Waals surface area (Å²) in [6, 6.07) is 10.4. The second-order valence-corrected chi connectivity index (χ2v) is 6.94. The Kier molecular flexibility index (Phi) is 5.64. The maximum Gasteiger partial charge on any atom is 0.252 e. The molecule has 1 aromatic heterocycles. The van der Waals surface area contributed by atoms with E-state index in [4.69, 9.17) is 5.21 Å². The predicted molar refractivity (Wildman–Crippen MR) is 97.3 cm³/mol. The van der Waals surface area contributed by atoms with Gasteiger partial charge in [0.15, 0.2) is 0 Å². The topological polar surface area (TPSA) is 61.7 Å². The number of unbranched alkanes of at least 4 members (excludes halogenated alkanes) is 1. The Morgan fingerprint density at radius 1 is 1.21 bits per heavy atom. The van der Waals surface area contributed by atoms with Crippen LogP contribution in [0.1, 0.15) is 52.0 Å². The molecule has 1 amide bonds. The van der Waals surface area contributed by atoms with Crippen molar-refractivity contribution < 1.29 is 10.0 Å². The number of carbonyl (C=O) groups excluding carboxylic acids is 1. The van der Waals surface area contributed by atoms with E-state index in [1.165, 1.54) is 16.9 Å². The van der Waals surface area contributed by atoms with Gasteiger partial charge in [-0.05, 0) is 49.7 Å². The van der Waals surface area contributed by atoms with Crippen molar-refractivity contribution in [2.24, 2.45) is 5.16 Å². The van der Waals surface area contributed by atoms with Crippen molar-refractivity contribution in [3.8, 4) is 0 Å². The number of rotatable bonds is 6. The van der Waals surface area contributed by atoms with Crippen molar-refractivity contribution in [2.75, 3.05) is 6.54 Å². The zero-order valence-electron chi connectivity index (χ0n) is 13.6. The first-order valence-corrected chi connectivity index (χ1v) is 9.31. The van der Waals surface area contributed by atoms with Crippen LogP contribution in [-0.4, -0.2) is 23.4 Å². The SMILES string of the molecule is O=C(NCCCCc1ccccc1)c1csc2c1CCC/C2=N/O. The molecule has 2 aromatic rings. The number of thiophene rings is 1. The van der Waals surface area contributed by atoms with Crippen LogP contribution in [0, 0.1) is 0 Å². The summed E-state index contributed by atoms with van der Waals surface area (Å²) in [5, 5.41) is 17.4. The molecule has 1 aliphatic carbocycles. The summed E-state index contributed by atoms with van der Waals surface area (Å²) in [5.74, 6) is -0.00796. The lowest BCUT2D eigenvalue weighted by Crippen LogP contribution is -2.25. The smallest absolute Gasteiger partial charge is 0.252 e. The molecule has 1 aliphatic rings. The van der Waals surface area contributed by atoms with Crippen molar-refractivity contribution in [3.05, 3.63) is 57.3 Å². The van der Waals surface area contributed by atoms with Crippen LogP contribution in [-0.2, 0) is 12.8 Å². The van der Waals surface area contributed by atoms with E-state index in [0.717, 1.165) is 54.5 Å². The molecule has 24 heavy (non-hydrogen) atoms. The van der Waals surface area contributed by atoms with Crippen LogP contribution in [0.5, 0.6) is 0 Å². The third-order valence-corrected chi connectivity index (χ3v) is 5.45. The van der Waals surface area contributed by atoms with Crippen molar-refractivity contribution in [2.45, 2.75) is 38.5 Å². The highest BCUT2D eigenvalue weighted by molar-refractivity contribution is 7.12. The maximum absolute atomic E-state index is 12.4. The summed E-state index contributed by atoms with van der Waals surface area (Å²) in [6.07, 6.45) is 5.67. The number of aryl methyl sites for hydroxylation is 1. The molecule has 4 nitrogen and oxygen atoms in total. The van der Waals surface area contributed by atoms with E-state index >= 15 is 0 Å². The van der Waals surface area contributed by atoms with E-state index in [1.807, 2.05) is 11.4 Å². The zero-order chi connectivity index (χ0) is 16.8. The van der Waals surface area contributed by atoms with Gasteiger partial charge >= 0.3 is 0 Å². The van der Waals surface area contributed by atoms with Gasteiger partial charge in [0.2, 0.25) is 0 Å². The average molecular weight is 342 g/mol. The van der Waals surface area contributed by atoms with Crippen molar-refractivity contribution in [3.63, 3.8) is 0 Å². The Labute approximate surface area is 146 Å². The number of benzene rings is 1. The summed E-state index contributed by atoms with van der Waals surface area (Å²) in [5.41, 5.74) is 3.84. The van der Waals surface area contributed by atoms with Crippen LogP contribution >= 0.6 is 11.3 Å². The molecule has 0 bridgehead atoms. The molecule has 0 saturated heterocycles. The summed E-state index contributed by atoms with van der Waals surface area (Å²) in [6.45, 7) is 0.692. The fraction of sp³-hybridized carbons (Fsp3) is 0.368. The third kappa shape index (κ3) is 3.85. The average Bonchev–Trinajstić information content (AvgIpc) is 3.06. The minimum atomic E-state index is -0.00796. The van der Waals surface area contributed by atoms with Crippen molar-refractivity contribution in [1.29, 1.82) is 0 Å². The molecule has 0 atom stereocenters. The van der Waals surface area contributed by atoms with Crippen LogP contribution in [0.2, 0.25) is 0 Å². The number of oxime groups is 1. The Hall–Kier alpha value is -2.14. The van der Waals surface area contributed by atoms with Gasteiger partial charge in [-0.2, -0.15) is 0 Å². The monoisotopic (exact) mass is 342 g/mol. The maximum atomic E-state index is 12.4. The molecule has 5 heteroatoms. The van der Waals surface area contributed by atoms with Gasteiger partial charge < -0.3 is 10.5 Å². The van der Waals surface area contributed by atoms with Gasteiger partial charge in [0.05, 0.1) is 16.2 Å². The van der Waals surface area contributed by atoms with Gasteiger partial charge in [-0.3, -0.25) is 4.79 Å². The molecule has 0 spiro atoms. The fourth-order valence-corrected chi connectivity index (χ4v) is 4.22. The molecule has 0 aliphatic heterocycles. The minimum Gasteiger partial charge on any atom is -0.411 e. The van der Waals surface area contributed by atoms with Crippen molar-refractivity contribution in [1.82, 2.24) is 5.32 Å². The van der Waals surface area contributed by atoms with Crippen molar-refractivity contribution >= 4 is 23.0 Å². The second-order valence-electron chi connectivity index (χ2n) is 6.06. The van der Waals surface area contributed by atoms with Crippen LogP contribution in [0.3, 0.4) is 0 Å². The van der Waals surface area contributed by atoms with E-state index in [1.54, 1.807) is 0 Å². The molecule has 0 fully saturated rings. The summed E-state index contributed by atoms with van der Waals surface area (Å²) in [7, 11) is 0. The highest BCUT2D eigenvalue weighted by atomic mass is 32.1. The van der Waals surface area contributed by atoms with E-state index in [0.29, 0.717) is 12.3 Å². The molecule has 0 radical (unpaired) electrons. The Morgan fingerprint density at radius 3 is 2.83 bits per heavy atom. The first-order valence-electron chi connectivity index (χ1n) is 8.43. The van der Waals surface area contributed by atoms with E-state index in [2.05, 4.69) is 34.7 Å². The number of hydrogen-bond donors (Lipinski definition) is 2. The molecule has 0 unspecified atom stereocenters. The minimum absolute atomic E-state index is 0.00796. The number of amides is 1. The van der Waals surface area contributed by atoms with Gasteiger partial charge in [-0.15, -0.1) is 11.3 Å². The molecule has 1 aromatic carbocycles. The van der Waals surface area contributed by atoms with Crippen LogP contribution in [0.4, 0.5) is 0 Å². The molecule has 126 valence electrons. The lowest BCUT2D eigenvalue weighted by Gasteiger charge is -2.14. The predicted octanol–water partition coefficient (Wildman–Crippen LogP) is 4.02. The third-order valence-electron chi connectivity index (χ3n) is 4.38. The first kappa shape index (κ1) is 16.7.